The molecule has 0 amide bonds. The molecule has 17 heavy (non-hydrogen) atoms. The zero-order valence-corrected chi connectivity index (χ0v) is 10.3. The molecule has 1 aromatic carbocycles. The van der Waals surface area contributed by atoms with Gasteiger partial charge in [0.1, 0.15) is 6.10 Å². The highest BCUT2D eigenvalue weighted by atomic mass is 19.2. The quantitative estimate of drug-likeness (QED) is 0.861. The summed E-state index contributed by atoms with van der Waals surface area (Å²) in [5, 5.41) is 9.75. The summed E-state index contributed by atoms with van der Waals surface area (Å²) in [6.45, 7) is 5.65. The van der Waals surface area contributed by atoms with Gasteiger partial charge in [0.2, 0.25) is 0 Å². The van der Waals surface area contributed by atoms with Gasteiger partial charge in [-0.15, -0.1) is 0 Å². The van der Waals surface area contributed by atoms with Gasteiger partial charge in [-0.25, -0.2) is 8.78 Å². The Morgan fingerprint density at radius 1 is 1.35 bits per heavy atom. The Morgan fingerprint density at radius 3 is 2.59 bits per heavy atom. The zero-order valence-electron chi connectivity index (χ0n) is 10.3. The van der Waals surface area contributed by atoms with E-state index in [1.165, 1.54) is 12.1 Å². The van der Waals surface area contributed by atoms with Gasteiger partial charge in [0, 0.05) is 5.56 Å². The first-order valence-electron chi connectivity index (χ1n) is 5.63. The summed E-state index contributed by atoms with van der Waals surface area (Å²) in [5.74, 6) is -1.98. The average molecular weight is 244 g/mol. The summed E-state index contributed by atoms with van der Waals surface area (Å²) in [4.78, 5) is 0. The molecule has 0 aromatic heterocycles. The summed E-state index contributed by atoms with van der Waals surface area (Å²) >= 11 is 0. The van der Waals surface area contributed by atoms with Crippen LogP contribution in [0.1, 0.15) is 38.9 Å². The maximum atomic E-state index is 13.4. The molecule has 0 spiro atoms. The van der Waals surface area contributed by atoms with Crippen LogP contribution in [0.5, 0.6) is 0 Å². The lowest BCUT2D eigenvalue weighted by Gasteiger charge is -2.25. The number of hydrogen-bond acceptors (Lipinski definition) is 2. The molecule has 0 aliphatic rings. The van der Waals surface area contributed by atoms with Crippen molar-refractivity contribution in [3.8, 4) is 0 Å². The third-order valence-electron chi connectivity index (χ3n) is 2.82. The van der Waals surface area contributed by atoms with Crippen LogP contribution in [0.25, 0.3) is 0 Å². The standard InChI is InChI=1S/C13H18F2O2/c1-4-13(2,3)17-8-11(16)9-6-5-7-10(14)12(9)15/h5-7,11,16H,4,8H2,1-3H3. The Morgan fingerprint density at radius 2 is 2.00 bits per heavy atom. The molecule has 0 aliphatic carbocycles. The second-order valence-electron chi connectivity index (χ2n) is 4.58. The minimum absolute atomic E-state index is 0.0544. The molecule has 0 heterocycles. The fourth-order valence-corrected chi connectivity index (χ4v) is 1.27. The van der Waals surface area contributed by atoms with E-state index in [1.807, 2.05) is 20.8 Å². The van der Waals surface area contributed by atoms with E-state index >= 15 is 0 Å². The molecule has 0 radical (unpaired) electrons. The summed E-state index contributed by atoms with van der Waals surface area (Å²) < 4.78 is 31.8. The first-order chi connectivity index (χ1) is 7.87. The molecule has 1 N–H and O–H groups in total. The lowest BCUT2D eigenvalue weighted by molar-refractivity contribution is -0.0626. The Bertz CT molecular complexity index is 378. The largest absolute Gasteiger partial charge is 0.386 e. The van der Waals surface area contributed by atoms with E-state index < -0.39 is 17.7 Å². The van der Waals surface area contributed by atoms with Crippen LogP contribution in [-0.2, 0) is 4.74 Å². The lowest BCUT2D eigenvalue weighted by atomic mass is 10.1. The van der Waals surface area contributed by atoms with Gasteiger partial charge in [-0.3, -0.25) is 0 Å². The predicted octanol–water partition coefficient (Wildman–Crippen LogP) is 3.20. The van der Waals surface area contributed by atoms with Crippen molar-refractivity contribution in [3.05, 3.63) is 35.4 Å². The number of hydrogen-bond donors (Lipinski definition) is 1. The van der Waals surface area contributed by atoms with Crippen molar-refractivity contribution in [2.45, 2.75) is 38.9 Å². The number of ether oxygens (including phenoxy) is 1. The summed E-state index contributed by atoms with van der Waals surface area (Å²) in [6.07, 6.45) is -0.387. The minimum atomic E-state index is -1.16. The third-order valence-corrected chi connectivity index (χ3v) is 2.82. The monoisotopic (exact) mass is 244 g/mol. The van der Waals surface area contributed by atoms with Crippen molar-refractivity contribution in [1.82, 2.24) is 0 Å². The number of benzene rings is 1. The van der Waals surface area contributed by atoms with Gasteiger partial charge in [-0.2, -0.15) is 0 Å². The van der Waals surface area contributed by atoms with Crippen molar-refractivity contribution < 1.29 is 18.6 Å². The van der Waals surface area contributed by atoms with E-state index in [1.54, 1.807) is 0 Å². The highest BCUT2D eigenvalue weighted by Crippen LogP contribution is 2.22. The number of aliphatic hydroxyl groups excluding tert-OH is 1. The SMILES string of the molecule is CCC(C)(C)OCC(O)c1cccc(F)c1F. The Hall–Kier alpha value is -1.00. The number of halogens is 2. The summed E-state index contributed by atoms with van der Waals surface area (Å²) in [5.41, 5.74) is -0.456. The summed E-state index contributed by atoms with van der Waals surface area (Å²) in [6, 6.07) is 3.73. The van der Waals surface area contributed by atoms with Crippen molar-refractivity contribution in [2.24, 2.45) is 0 Å². The van der Waals surface area contributed by atoms with E-state index in [4.69, 9.17) is 4.74 Å². The fraction of sp³-hybridized carbons (Fsp3) is 0.538. The molecule has 0 fully saturated rings. The van der Waals surface area contributed by atoms with Gasteiger partial charge in [0.15, 0.2) is 11.6 Å². The van der Waals surface area contributed by atoms with E-state index in [-0.39, 0.29) is 17.8 Å². The van der Waals surface area contributed by atoms with E-state index in [9.17, 15) is 13.9 Å². The van der Waals surface area contributed by atoms with Crippen LogP contribution in [0.15, 0.2) is 18.2 Å². The van der Waals surface area contributed by atoms with Gasteiger partial charge in [-0.05, 0) is 26.3 Å². The molecule has 2 nitrogen and oxygen atoms in total. The number of rotatable bonds is 5. The molecule has 1 unspecified atom stereocenters. The van der Waals surface area contributed by atoms with Crippen LogP contribution in [0.2, 0.25) is 0 Å². The minimum Gasteiger partial charge on any atom is -0.386 e. The zero-order chi connectivity index (χ0) is 13.1. The highest BCUT2D eigenvalue weighted by molar-refractivity contribution is 5.21. The lowest BCUT2D eigenvalue weighted by Crippen LogP contribution is -2.26. The van der Waals surface area contributed by atoms with Crippen LogP contribution >= 0.6 is 0 Å². The van der Waals surface area contributed by atoms with E-state index in [2.05, 4.69) is 0 Å². The molecule has 0 bridgehead atoms. The normalized spacial score (nSPS) is 13.8. The molecule has 1 rings (SSSR count). The van der Waals surface area contributed by atoms with Gasteiger partial charge in [-0.1, -0.05) is 19.1 Å². The van der Waals surface area contributed by atoms with Crippen LogP contribution in [0.4, 0.5) is 8.78 Å². The van der Waals surface area contributed by atoms with E-state index in [0.29, 0.717) is 0 Å². The van der Waals surface area contributed by atoms with Gasteiger partial charge in [0.25, 0.3) is 0 Å². The van der Waals surface area contributed by atoms with E-state index in [0.717, 1.165) is 12.5 Å². The second kappa shape index (κ2) is 5.56. The average Bonchev–Trinajstić information content (AvgIpc) is 2.30. The first kappa shape index (κ1) is 14.1. The number of aliphatic hydroxyl groups is 1. The molecular formula is C13H18F2O2. The van der Waals surface area contributed by atoms with Crippen molar-refractivity contribution >= 4 is 0 Å². The second-order valence-corrected chi connectivity index (χ2v) is 4.58. The van der Waals surface area contributed by atoms with Crippen molar-refractivity contribution in [3.63, 3.8) is 0 Å². The molecule has 0 saturated heterocycles. The van der Waals surface area contributed by atoms with Crippen LogP contribution in [0, 0.1) is 11.6 Å². The fourth-order valence-electron chi connectivity index (χ4n) is 1.27. The first-order valence-corrected chi connectivity index (χ1v) is 5.63. The Labute approximate surface area is 100 Å². The molecule has 1 aromatic rings. The molecule has 96 valence electrons. The topological polar surface area (TPSA) is 29.5 Å². The van der Waals surface area contributed by atoms with Crippen LogP contribution in [0.3, 0.4) is 0 Å². The predicted molar refractivity (Wildman–Crippen MR) is 61.6 cm³/mol. The molecule has 0 saturated carbocycles. The van der Waals surface area contributed by atoms with Crippen LogP contribution < -0.4 is 0 Å². The maximum Gasteiger partial charge on any atom is 0.164 e. The Balaban J connectivity index is 2.71. The maximum absolute atomic E-state index is 13.4. The van der Waals surface area contributed by atoms with Crippen LogP contribution in [-0.4, -0.2) is 17.3 Å². The van der Waals surface area contributed by atoms with Gasteiger partial charge >= 0.3 is 0 Å². The Kier molecular flexibility index (Phi) is 4.60. The third kappa shape index (κ3) is 3.75. The highest BCUT2D eigenvalue weighted by Gasteiger charge is 2.21. The summed E-state index contributed by atoms with van der Waals surface area (Å²) in [7, 11) is 0. The molecular weight excluding hydrogens is 226 g/mol. The van der Waals surface area contributed by atoms with Crippen molar-refractivity contribution in [1.29, 1.82) is 0 Å². The molecule has 1 atom stereocenters. The molecule has 0 aliphatic heterocycles. The molecule has 4 heteroatoms. The van der Waals surface area contributed by atoms with Gasteiger partial charge in [0.05, 0.1) is 12.2 Å². The smallest absolute Gasteiger partial charge is 0.164 e. The van der Waals surface area contributed by atoms with Crippen molar-refractivity contribution in [2.75, 3.05) is 6.61 Å². The van der Waals surface area contributed by atoms with Gasteiger partial charge < -0.3 is 9.84 Å².